The third-order valence-electron chi connectivity index (χ3n) is 3.72. The first kappa shape index (κ1) is 16.7. The van der Waals surface area contributed by atoms with E-state index in [1.165, 1.54) is 22.2 Å². The van der Waals surface area contributed by atoms with Gasteiger partial charge in [-0.3, -0.25) is 0 Å². The van der Waals surface area contributed by atoms with Gasteiger partial charge < -0.3 is 5.32 Å². The van der Waals surface area contributed by atoms with Crippen molar-refractivity contribution in [2.45, 2.75) is 56.1 Å². The molecule has 0 bridgehead atoms. The average molecular weight is 331 g/mol. The van der Waals surface area contributed by atoms with E-state index < -0.39 is 0 Å². The molecule has 0 aromatic carbocycles. The number of likely N-dealkylation sites (N-methyl/N-ethyl adjacent to an activating group) is 1. The van der Waals surface area contributed by atoms with Crippen LogP contribution in [-0.2, 0) is 11.8 Å². The molecule has 1 aromatic rings. The van der Waals surface area contributed by atoms with E-state index in [-0.39, 0.29) is 5.41 Å². The molecule has 0 spiro atoms. The molecular formula is C15H26N2S3. The Hall–Kier alpha value is 0.290. The van der Waals surface area contributed by atoms with Gasteiger partial charge in [-0.15, -0.1) is 11.3 Å². The first-order chi connectivity index (χ1) is 9.41. The third kappa shape index (κ3) is 4.15. The van der Waals surface area contributed by atoms with Gasteiger partial charge in [0.15, 0.2) is 0 Å². The Labute approximate surface area is 135 Å². The molecule has 3 atom stereocenters. The predicted molar refractivity (Wildman–Crippen MR) is 95.5 cm³/mol. The Morgan fingerprint density at radius 3 is 2.60 bits per heavy atom. The van der Waals surface area contributed by atoms with Crippen LogP contribution in [0.3, 0.4) is 0 Å². The summed E-state index contributed by atoms with van der Waals surface area (Å²) in [5.74, 6) is 2.58. The van der Waals surface area contributed by atoms with Crippen LogP contribution >= 0.6 is 34.9 Å². The highest BCUT2D eigenvalue weighted by Crippen LogP contribution is 2.34. The zero-order valence-corrected chi connectivity index (χ0v) is 15.6. The summed E-state index contributed by atoms with van der Waals surface area (Å²) in [5.41, 5.74) is 1.39. The van der Waals surface area contributed by atoms with E-state index in [4.69, 9.17) is 4.98 Å². The highest BCUT2D eigenvalue weighted by molar-refractivity contribution is 8.07. The van der Waals surface area contributed by atoms with Crippen LogP contribution in [0, 0.1) is 0 Å². The quantitative estimate of drug-likeness (QED) is 0.907. The molecule has 2 heterocycles. The van der Waals surface area contributed by atoms with Gasteiger partial charge in [-0.05, 0) is 7.05 Å². The van der Waals surface area contributed by atoms with Crippen LogP contribution in [0.5, 0.6) is 0 Å². The molecule has 2 rings (SSSR count). The minimum atomic E-state index is 0.159. The summed E-state index contributed by atoms with van der Waals surface area (Å²) in [6, 6.07) is 0.529. The monoisotopic (exact) mass is 330 g/mol. The van der Waals surface area contributed by atoms with E-state index in [1.54, 1.807) is 0 Å². The Morgan fingerprint density at radius 2 is 2.05 bits per heavy atom. The molecule has 0 amide bonds. The largest absolute Gasteiger partial charge is 0.315 e. The molecule has 1 aliphatic heterocycles. The molecule has 2 nitrogen and oxygen atoms in total. The fraction of sp³-hybridized carbons (Fsp3) is 0.800. The zero-order valence-electron chi connectivity index (χ0n) is 13.1. The van der Waals surface area contributed by atoms with Gasteiger partial charge in [0, 0.05) is 45.3 Å². The first-order valence-electron chi connectivity index (χ1n) is 7.27. The summed E-state index contributed by atoms with van der Waals surface area (Å²) in [7, 11) is 2.09. The maximum atomic E-state index is 4.85. The molecule has 114 valence electrons. The molecular weight excluding hydrogens is 304 g/mol. The molecule has 3 unspecified atom stereocenters. The van der Waals surface area contributed by atoms with Crippen molar-refractivity contribution in [1.82, 2.24) is 10.3 Å². The molecule has 0 radical (unpaired) electrons. The van der Waals surface area contributed by atoms with Gasteiger partial charge in [-0.25, -0.2) is 4.98 Å². The van der Waals surface area contributed by atoms with Gasteiger partial charge >= 0.3 is 0 Å². The van der Waals surface area contributed by atoms with Crippen LogP contribution in [0.4, 0.5) is 0 Å². The van der Waals surface area contributed by atoms with Crippen LogP contribution < -0.4 is 5.32 Å². The Balaban J connectivity index is 2.04. The van der Waals surface area contributed by atoms with E-state index in [1.807, 2.05) is 11.3 Å². The fourth-order valence-electron chi connectivity index (χ4n) is 2.41. The zero-order chi connectivity index (χ0) is 14.8. The summed E-state index contributed by atoms with van der Waals surface area (Å²) in [5, 5.41) is 8.46. The van der Waals surface area contributed by atoms with E-state index in [0.29, 0.717) is 11.3 Å². The van der Waals surface area contributed by atoms with Gasteiger partial charge in [0.25, 0.3) is 0 Å². The minimum absolute atomic E-state index is 0.159. The molecule has 1 N–H and O–H groups in total. The number of thioether (sulfide) groups is 2. The minimum Gasteiger partial charge on any atom is -0.315 e. The van der Waals surface area contributed by atoms with Gasteiger partial charge in [-0.2, -0.15) is 23.5 Å². The average Bonchev–Trinajstić information content (AvgIpc) is 2.85. The maximum Gasteiger partial charge on any atom is 0.0944 e. The molecule has 5 heteroatoms. The molecule has 20 heavy (non-hydrogen) atoms. The van der Waals surface area contributed by atoms with E-state index in [0.717, 1.165) is 11.7 Å². The molecule has 0 saturated carbocycles. The van der Waals surface area contributed by atoms with Gasteiger partial charge in [0.2, 0.25) is 0 Å². The van der Waals surface area contributed by atoms with Crippen molar-refractivity contribution in [3.63, 3.8) is 0 Å². The van der Waals surface area contributed by atoms with Crippen molar-refractivity contribution in [2.24, 2.45) is 0 Å². The second-order valence-corrected chi connectivity index (χ2v) is 10.1. The van der Waals surface area contributed by atoms with Crippen LogP contribution in [-0.4, -0.2) is 40.1 Å². The van der Waals surface area contributed by atoms with Gasteiger partial charge in [0.05, 0.1) is 10.7 Å². The second-order valence-electron chi connectivity index (χ2n) is 6.39. The number of thiazole rings is 1. The Bertz CT molecular complexity index is 425. The number of rotatable bonds is 4. The fourth-order valence-corrected chi connectivity index (χ4v) is 6.49. The number of aromatic nitrogens is 1. The number of hydrogen-bond acceptors (Lipinski definition) is 5. The highest BCUT2D eigenvalue weighted by atomic mass is 32.2. The van der Waals surface area contributed by atoms with E-state index >= 15 is 0 Å². The van der Waals surface area contributed by atoms with E-state index in [9.17, 15) is 0 Å². The standard InChI is InChI=1S/C15H26N2S3/c1-10-14(19-7-6-18-10)11(16-5)8-13-17-12(9-20-13)15(2,3)4/h9-11,14,16H,6-8H2,1-5H3. The third-order valence-corrected chi connectivity index (χ3v) is 7.84. The van der Waals surface area contributed by atoms with Crippen molar-refractivity contribution in [1.29, 1.82) is 0 Å². The van der Waals surface area contributed by atoms with Gasteiger partial charge in [0.1, 0.15) is 0 Å². The number of hydrogen-bond donors (Lipinski definition) is 1. The number of nitrogens with zero attached hydrogens (tertiary/aromatic N) is 1. The predicted octanol–water partition coefficient (Wildman–Crippen LogP) is 3.81. The lowest BCUT2D eigenvalue weighted by Gasteiger charge is -2.34. The highest BCUT2D eigenvalue weighted by Gasteiger charge is 2.30. The van der Waals surface area contributed by atoms with Gasteiger partial charge in [-0.1, -0.05) is 27.7 Å². The topological polar surface area (TPSA) is 24.9 Å². The molecule has 1 fully saturated rings. The lowest BCUT2D eigenvalue weighted by Crippen LogP contribution is -2.44. The second kappa shape index (κ2) is 7.03. The van der Waals surface area contributed by atoms with Crippen molar-refractivity contribution >= 4 is 34.9 Å². The SMILES string of the molecule is CNC(Cc1nc(C(C)(C)C)cs1)C1SCCSC1C. The Kier molecular flexibility index (Phi) is 5.86. The van der Waals surface area contributed by atoms with Crippen LogP contribution in [0.15, 0.2) is 5.38 Å². The van der Waals surface area contributed by atoms with Crippen molar-refractivity contribution in [2.75, 3.05) is 18.6 Å². The van der Waals surface area contributed by atoms with Crippen molar-refractivity contribution in [3.8, 4) is 0 Å². The molecule has 1 aromatic heterocycles. The normalized spacial score (nSPS) is 25.6. The summed E-state index contributed by atoms with van der Waals surface area (Å²) in [6.45, 7) is 9.07. The molecule has 1 aliphatic rings. The first-order valence-corrected chi connectivity index (χ1v) is 10.2. The van der Waals surface area contributed by atoms with Crippen molar-refractivity contribution in [3.05, 3.63) is 16.1 Å². The van der Waals surface area contributed by atoms with Crippen molar-refractivity contribution < 1.29 is 0 Å². The van der Waals surface area contributed by atoms with Crippen LogP contribution in [0.25, 0.3) is 0 Å². The lowest BCUT2D eigenvalue weighted by atomic mass is 9.93. The lowest BCUT2D eigenvalue weighted by molar-refractivity contribution is 0.524. The molecule has 1 saturated heterocycles. The molecule has 0 aliphatic carbocycles. The van der Waals surface area contributed by atoms with Crippen LogP contribution in [0.1, 0.15) is 38.4 Å². The summed E-state index contributed by atoms with van der Waals surface area (Å²) in [4.78, 5) is 4.85. The maximum absolute atomic E-state index is 4.85. The number of nitrogens with one attached hydrogen (secondary N) is 1. The smallest absolute Gasteiger partial charge is 0.0944 e. The van der Waals surface area contributed by atoms with E-state index in [2.05, 4.69) is 69.0 Å². The summed E-state index contributed by atoms with van der Waals surface area (Å²) in [6.07, 6.45) is 1.06. The Morgan fingerprint density at radius 1 is 1.35 bits per heavy atom. The van der Waals surface area contributed by atoms with Crippen LogP contribution in [0.2, 0.25) is 0 Å². The summed E-state index contributed by atoms with van der Waals surface area (Å²) >= 11 is 6.06. The summed E-state index contributed by atoms with van der Waals surface area (Å²) < 4.78 is 0.